The highest BCUT2D eigenvalue weighted by Gasteiger charge is 2.45. The molecular formula is C26H17F6N3O3S. The number of rotatable bonds is 4. The highest BCUT2D eigenvalue weighted by Crippen LogP contribution is 2.42. The molecule has 0 fully saturated rings. The fourth-order valence-electron chi connectivity index (χ4n) is 4.42. The van der Waals surface area contributed by atoms with Crippen LogP contribution in [0, 0.1) is 22.7 Å². The Balaban J connectivity index is 2.13. The molecule has 2 atom stereocenters. The topological polar surface area (TPSA) is 95.9 Å². The zero-order chi connectivity index (χ0) is 28.7. The molecule has 0 amide bonds. The number of aromatic nitrogens is 1. The van der Waals surface area contributed by atoms with Crippen LogP contribution in [0.1, 0.15) is 35.1 Å². The number of esters is 1. The summed E-state index contributed by atoms with van der Waals surface area (Å²) in [6, 6.07) is 10.4. The average Bonchev–Trinajstić information content (AvgIpc) is 3.18. The van der Waals surface area contributed by atoms with E-state index in [0.29, 0.717) is 15.9 Å². The fourth-order valence-corrected chi connectivity index (χ4v) is 5.59. The normalized spacial score (nSPS) is 18.1. The predicted molar refractivity (Wildman–Crippen MR) is 129 cm³/mol. The van der Waals surface area contributed by atoms with Gasteiger partial charge in [0.15, 0.2) is 0 Å². The number of alkyl halides is 6. The first kappa shape index (κ1) is 27.8. The van der Waals surface area contributed by atoms with Crippen molar-refractivity contribution in [3.63, 3.8) is 0 Å². The van der Waals surface area contributed by atoms with Crippen LogP contribution in [0.2, 0.25) is 0 Å². The van der Waals surface area contributed by atoms with Gasteiger partial charge in [-0.05, 0) is 36.3 Å². The summed E-state index contributed by atoms with van der Waals surface area (Å²) in [5.74, 6) is -5.20. The standard InChI is InChI=1S/C26H17F6N3O3S/c1-2-38-24(37)20-19(14-8-4-6-10-17(14)26(30,31)32)15(12-33)21(34)35-22(36)18(39-23(20)35)11-13-7-3-5-9-16(13)25(27,28)29/h3-11,15,19,34H,2H2,1H3/b18-11+,34-21?. The van der Waals surface area contributed by atoms with Crippen LogP contribution in [0.15, 0.2) is 53.3 Å². The van der Waals surface area contributed by atoms with Crippen molar-refractivity contribution in [2.24, 2.45) is 5.92 Å². The van der Waals surface area contributed by atoms with E-state index in [1.807, 2.05) is 0 Å². The molecule has 0 bridgehead atoms. The van der Waals surface area contributed by atoms with Crippen LogP contribution < -0.4 is 14.8 Å². The highest BCUT2D eigenvalue weighted by molar-refractivity contribution is 7.07. The Labute approximate surface area is 220 Å². The third-order valence-corrected chi connectivity index (χ3v) is 7.13. The molecule has 0 spiro atoms. The Morgan fingerprint density at radius 2 is 1.67 bits per heavy atom. The first-order chi connectivity index (χ1) is 18.3. The van der Waals surface area contributed by atoms with Gasteiger partial charge in [-0.1, -0.05) is 36.4 Å². The minimum atomic E-state index is -4.88. The van der Waals surface area contributed by atoms with Crippen molar-refractivity contribution in [2.45, 2.75) is 25.2 Å². The molecule has 1 aliphatic heterocycles. The predicted octanol–water partition coefficient (Wildman–Crippen LogP) is 4.25. The van der Waals surface area contributed by atoms with Gasteiger partial charge in [0.25, 0.3) is 5.56 Å². The van der Waals surface area contributed by atoms with Gasteiger partial charge in [0.1, 0.15) is 16.4 Å². The third kappa shape index (κ3) is 4.99. The van der Waals surface area contributed by atoms with Crippen LogP contribution in [0.3, 0.4) is 0 Å². The Morgan fingerprint density at radius 1 is 1.08 bits per heavy atom. The van der Waals surface area contributed by atoms with Gasteiger partial charge in [-0.25, -0.2) is 4.79 Å². The second kappa shape index (κ2) is 10.2. The molecule has 1 N–H and O–H groups in total. The van der Waals surface area contributed by atoms with Crippen LogP contribution in [0.25, 0.3) is 11.6 Å². The third-order valence-electron chi connectivity index (χ3n) is 6.02. The van der Waals surface area contributed by atoms with E-state index >= 15 is 0 Å². The van der Waals surface area contributed by atoms with Crippen molar-refractivity contribution in [2.75, 3.05) is 6.61 Å². The molecule has 1 aliphatic rings. The number of benzene rings is 2. The SMILES string of the molecule is CCOC(=O)C1=c2s/c(=C/c3ccccc3C(F)(F)F)c(=O)n2C(=N)C(C#N)C1c1ccccc1C(F)(F)F. The van der Waals surface area contributed by atoms with E-state index in [1.54, 1.807) is 6.07 Å². The lowest BCUT2D eigenvalue weighted by Gasteiger charge is -2.30. The zero-order valence-corrected chi connectivity index (χ0v) is 20.7. The molecule has 0 radical (unpaired) electrons. The van der Waals surface area contributed by atoms with Gasteiger partial charge < -0.3 is 4.74 Å². The highest BCUT2D eigenvalue weighted by atomic mass is 32.1. The largest absolute Gasteiger partial charge is 0.463 e. The Kier molecular flexibility index (Phi) is 7.27. The summed E-state index contributed by atoms with van der Waals surface area (Å²) in [5.41, 5.74) is -4.52. The Bertz CT molecular complexity index is 1700. The molecule has 0 aliphatic carbocycles. The number of carbonyl (C=O) groups excluding carboxylic acids is 1. The quantitative estimate of drug-likeness (QED) is 0.378. The minimum absolute atomic E-state index is 0.196. The smallest absolute Gasteiger partial charge is 0.416 e. The monoisotopic (exact) mass is 565 g/mol. The molecule has 2 unspecified atom stereocenters. The van der Waals surface area contributed by atoms with E-state index < -0.39 is 63.8 Å². The zero-order valence-electron chi connectivity index (χ0n) is 19.9. The molecule has 0 saturated heterocycles. The number of carbonyl (C=O) groups is 1. The molecule has 2 aromatic carbocycles. The van der Waals surface area contributed by atoms with Gasteiger partial charge in [0.05, 0.1) is 33.9 Å². The van der Waals surface area contributed by atoms with Crippen molar-refractivity contribution < 1.29 is 35.9 Å². The van der Waals surface area contributed by atoms with Crippen LogP contribution in [-0.4, -0.2) is 23.0 Å². The molecule has 3 aromatic rings. The number of ether oxygens (including phenoxy) is 1. The lowest BCUT2D eigenvalue weighted by Crippen LogP contribution is -2.47. The van der Waals surface area contributed by atoms with E-state index in [1.165, 1.54) is 19.1 Å². The lowest BCUT2D eigenvalue weighted by molar-refractivity contribution is -0.139. The second-order valence-corrected chi connectivity index (χ2v) is 9.36. The van der Waals surface area contributed by atoms with E-state index in [9.17, 15) is 41.2 Å². The summed E-state index contributed by atoms with van der Waals surface area (Å²) in [4.78, 5) is 26.5. The minimum Gasteiger partial charge on any atom is -0.463 e. The Morgan fingerprint density at radius 3 is 2.26 bits per heavy atom. The number of nitriles is 1. The number of thiazole rings is 1. The van der Waals surface area contributed by atoms with Crippen LogP contribution in [0.4, 0.5) is 26.3 Å². The van der Waals surface area contributed by atoms with E-state index in [-0.39, 0.29) is 21.4 Å². The van der Waals surface area contributed by atoms with E-state index in [4.69, 9.17) is 10.1 Å². The Hall–Kier alpha value is -4.18. The molecule has 0 saturated carbocycles. The molecule has 4 rings (SSSR count). The number of nitrogens with zero attached hydrogens (tertiary/aromatic N) is 2. The number of halogens is 6. The van der Waals surface area contributed by atoms with Crippen molar-refractivity contribution >= 4 is 34.8 Å². The molecule has 6 nitrogen and oxygen atoms in total. The first-order valence-corrected chi connectivity index (χ1v) is 12.1. The number of hydrogen-bond donors (Lipinski definition) is 1. The van der Waals surface area contributed by atoms with Gasteiger partial charge in [-0.15, -0.1) is 11.3 Å². The van der Waals surface area contributed by atoms with Crippen molar-refractivity contribution in [3.05, 3.63) is 90.3 Å². The summed E-state index contributed by atoms with van der Waals surface area (Å²) in [6.45, 7) is 1.25. The van der Waals surface area contributed by atoms with Gasteiger partial charge in [-0.2, -0.15) is 31.6 Å². The van der Waals surface area contributed by atoms with Crippen LogP contribution in [0.5, 0.6) is 0 Å². The van der Waals surface area contributed by atoms with Crippen LogP contribution in [-0.2, 0) is 21.9 Å². The van der Waals surface area contributed by atoms with Gasteiger partial charge >= 0.3 is 18.3 Å². The summed E-state index contributed by atoms with van der Waals surface area (Å²) >= 11 is 0.525. The molecule has 39 heavy (non-hydrogen) atoms. The maximum atomic E-state index is 13.9. The molecule has 13 heteroatoms. The molecular weight excluding hydrogens is 548 g/mol. The summed E-state index contributed by atoms with van der Waals surface area (Å²) < 4.78 is 87.5. The number of fused-ring (bicyclic) bond motifs is 1. The number of hydrogen-bond acceptors (Lipinski definition) is 6. The van der Waals surface area contributed by atoms with Crippen molar-refractivity contribution in [3.8, 4) is 6.07 Å². The molecule has 2 heterocycles. The summed E-state index contributed by atoms with van der Waals surface area (Å²) in [5, 5.41) is 18.5. The van der Waals surface area contributed by atoms with Crippen LogP contribution >= 0.6 is 11.3 Å². The first-order valence-electron chi connectivity index (χ1n) is 11.3. The van der Waals surface area contributed by atoms with Crippen molar-refractivity contribution in [1.82, 2.24) is 4.57 Å². The van der Waals surface area contributed by atoms with Gasteiger partial charge in [0.2, 0.25) is 0 Å². The van der Waals surface area contributed by atoms with Crippen molar-refractivity contribution in [1.29, 1.82) is 10.7 Å². The number of nitrogens with one attached hydrogen (secondary N) is 1. The summed E-state index contributed by atoms with van der Waals surface area (Å²) in [6.07, 6.45) is -8.71. The molecule has 1 aromatic heterocycles. The fraction of sp³-hybridized carbons (Fsp3) is 0.231. The summed E-state index contributed by atoms with van der Waals surface area (Å²) in [7, 11) is 0. The van der Waals surface area contributed by atoms with Gasteiger partial charge in [-0.3, -0.25) is 14.8 Å². The maximum Gasteiger partial charge on any atom is 0.416 e. The molecule has 202 valence electrons. The van der Waals surface area contributed by atoms with E-state index in [2.05, 4.69) is 0 Å². The lowest BCUT2D eigenvalue weighted by atomic mass is 9.77. The average molecular weight is 565 g/mol. The second-order valence-electron chi connectivity index (χ2n) is 8.33. The maximum absolute atomic E-state index is 13.9. The van der Waals surface area contributed by atoms with E-state index in [0.717, 1.165) is 42.5 Å². The van der Waals surface area contributed by atoms with Gasteiger partial charge in [0, 0.05) is 5.92 Å².